The van der Waals surface area contributed by atoms with E-state index in [1.165, 1.54) is 5.56 Å². The van der Waals surface area contributed by atoms with Gasteiger partial charge in [0.1, 0.15) is 5.75 Å². The Labute approximate surface area is 134 Å². The van der Waals surface area contributed by atoms with Crippen molar-refractivity contribution in [3.63, 3.8) is 0 Å². The third-order valence-electron chi connectivity index (χ3n) is 3.47. The van der Waals surface area contributed by atoms with Crippen molar-refractivity contribution in [1.82, 2.24) is 9.97 Å². The van der Waals surface area contributed by atoms with Crippen LogP contribution in [0.25, 0.3) is 0 Å². The molecule has 2 aromatic carbocycles. The first kappa shape index (κ1) is 14.5. The lowest BCUT2D eigenvalue weighted by atomic mass is 9.96. The van der Waals surface area contributed by atoms with Gasteiger partial charge in [0, 0.05) is 23.3 Å². The third kappa shape index (κ3) is 3.43. The quantitative estimate of drug-likeness (QED) is 0.674. The van der Waals surface area contributed by atoms with Crippen LogP contribution in [0.15, 0.2) is 67.0 Å². The monoisotopic (exact) mass is 310 g/mol. The molecule has 0 aliphatic heterocycles. The number of hydrogen-bond donors (Lipinski definition) is 0. The molecule has 0 aliphatic rings. The Morgan fingerprint density at radius 1 is 0.864 bits per heavy atom. The van der Waals surface area contributed by atoms with E-state index in [0.29, 0.717) is 6.01 Å². The number of hydrogen-bond acceptors (Lipinski definition) is 3. The van der Waals surface area contributed by atoms with Crippen LogP contribution in [-0.4, -0.2) is 9.97 Å². The zero-order chi connectivity index (χ0) is 15.4. The summed E-state index contributed by atoms with van der Waals surface area (Å²) in [5.41, 5.74) is 2.20. The molecule has 0 aliphatic carbocycles. The highest BCUT2D eigenvalue weighted by Crippen LogP contribution is 2.25. The summed E-state index contributed by atoms with van der Waals surface area (Å²) in [5, 5.41) is 0.735. The standard InChI is InChI=1S/C18H15ClN2O/c1-13(14-7-9-16(19)10-8-14)15-11-20-18(21-12-15)22-17-5-3-2-4-6-17/h2-13H,1H3. The van der Waals surface area contributed by atoms with Crippen molar-refractivity contribution in [3.8, 4) is 11.8 Å². The number of benzene rings is 2. The topological polar surface area (TPSA) is 35.0 Å². The third-order valence-corrected chi connectivity index (χ3v) is 3.72. The van der Waals surface area contributed by atoms with E-state index in [4.69, 9.17) is 16.3 Å². The first-order valence-corrected chi connectivity index (χ1v) is 7.40. The van der Waals surface area contributed by atoms with Gasteiger partial charge in [0.05, 0.1) is 0 Å². The molecule has 0 bridgehead atoms. The summed E-state index contributed by atoms with van der Waals surface area (Å²) in [6.07, 6.45) is 3.59. The second-order valence-corrected chi connectivity index (χ2v) is 5.42. The normalized spacial score (nSPS) is 11.9. The molecular weight excluding hydrogens is 296 g/mol. The Balaban J connectivity index is 1.75. The van der Waals surface area contributed by atoms with E-state index in [2.05, 4.69) is 16.9 Å². The largest absolute Gasteiger partial charge is 0.424 e. The first-order chi connectivity index (χ1) is 10.7. The predicted octanol–water partition coefficient (Wildman–Crippen LogP) is 5.07. The van der Waals surface area contributed by atoms with Crippen LogP contribution in [-0.2, 0) is 0 Å². The summed E-state index contributed by atoms with van der Waals surface area (Å²) in [5.74, 6) is 0.920. The Bertz CT molecular complexity index is 727. The number of para-hydroxylation sites is 1. The fourth-order valence-corrected chi connectivity index (χ4v) is 2.27. The fraction of sp³-hybridized carbons (Fsp3) is 0.111. The number of aromatic nitrogens is 2. The van der Waals surface area contributed by atoms with Gasteiger partial charge in [0.15, 0.2) is 0 Å². The Kier molecular flexibility index (Phi) is 4.35. The molecule has 1 atom stereocenters. The van der Waals surface area contributed by atoms with Crippen LogP contribution in [0, 0.1) is 0 Å². The van der Waals surface area contributed by atoms with Gasteiger partial charge in [-0.3, -0.25) is 0 Å². The summed E-state index contributed by atoms with van der Waals surface area (Å²) >= 11 is 5.92. The van der Waals surface area contributed by atoms with Crippen LogP contribution in [0.3, 0.4) is 0 Å². The zero-order valence-corrected chi connectivity index (χ0v) is 12.9. The average Bonchev–Trinajstić information content (AvgIpc) is 2.57. The van der Waals surface area contributed by atoms with Gasteiger partial charge in [-0.25, -0.2) is 9.97 Å². The molecule has 0 amide bonds. The summed E-state index contributed by atoms with van der Waals surface area (Å²) in [4.78, 5) is 8.56. The highest BCUT2D eigenvalue weighted by atomic mass is 35.5. The van der Waals surface area contributed by atoms with E-state index in [9.17, 15) is 0 Å². The molecule has 4 heteroatoms. The minimum Gasteiger partial charge on any atom is -0.424 e. The van der Waals surface area contributed by atoms with Crippen molar-refractivity contribution in [1.29, 1.82) is 0 Å². The predicted molar refractivity (Wildman–Crippen MR) is 87.5 cm³/mol. The highest BCUT2D eigenvalue weighted by molar-refractivity contribution is 6.30. The van der Waals surface area contributed by atoms with Crippen LogP contribution in [0.4, 0.5) is 0 Å². The second kappa shape index (κ2) is 6.58. The van der Waals surface area contributed by atoms with Crippen LogP contribution in [0.1, 0.15) is 24.0 Å². The van der Waals surface area contributed by atoms with Crippen molar-refractivity contribution >= 4 is 11.6 Å². The molecule has 1 heterocycles. The Morgan fingerprint density at radius 2 is 1.50 bits per heavy atom. The van der Waals surface area contributed by atoms with E-state index >= 15 is 0 Å². The lowest BCUT2D eigenvalue weighted by molar-refractivity contribution is 0.441. The molecule has 0 radical (unpaired) electrons. The molecule has 0 fully saturated rings. The Hall–Kier alpha value is -2.39. The van der Waals surface area contributed by atoms with Gasteiger partial charge in [0.25, 0.3) is 0 Å². The highest BCUT2D eigenvalue weighted by Gasteiger charge is 2.10. The van der Waals surface area contributed by atoms with Crippen molar-refractivity contribution in [2.24, 2.45) is 0 Å². The van der Waals surface area contributed by atoms with Crippen molar-refractivity contribution in [2.75, 3.05) is 0 Å². The molecule has 3 aromatic rings. The van der Waals surface area contributed by atoms with E-state index in [1.54, 1.807) is 12.4 Å². The Morgan fingerprint density at radius 3 is 2.14 bits per heavy atom. The smallest absolute Gasteiger partial charge is 0.321 e. The summed E-state index contributed by atoms with van der Waals surface area (Å²) in [6.45, 7) is 2.11. The van der Waals surface area contributed by atoms with E-state index in [1.807, 2.05) is 54.6 Å². The van der Waals surface area contributed by atoms with Gasteiger partial charge < -0.3 is 4.74 Å². The molecule has 22 heavy (non-hydrogen) atoms. The van der Waals surface area contributed by atoms with Crippen LogP contribution < -0.4 is 4.74 Å². The van der Waals surface area contributed by atoms with Gasteiger partial charge in [-0.1, -0.05) is 48.9 Å². The van der Waals surface area contributed by atoms with E-state index in [0.717, 1.165) is 16.3 Å². The van der Waals surface area contributed by atoms with Crippen LogP contribution >= 0.6 is 11.6 Å². The zero-order valence-electron chi connectivity index (χ0n) is 12.1. The molecule has 0 saturated heterocycles. The van der Waals surface area contributed by atoms with Crippen molar-refractivity contribution in [2.45, 2.75) is 12.8 Å². The van der Waals surface area contributed by atoms with Gasteiger partial charge in [-0.05, 0) is 35.4 Å². The number of nitrogens with zero attached hydrogens (tertiary/aromatic N) is 2. The lowest BCUT2D eigenvalue weighted by Gasteiger charge is -2.12. The van der Waals surface area contributed by atoms with Gasteiger partial charge >= 0.3 is 6.01 Å². The summed E-state index contributed by atoms with van der Waals surface area (Å²) in [7, 11) is 0. The maximum atomic E-state index is 5.92. The second-order valence-electron chi connectivity index (χ2n) is 4.99. The first-order valence-electron chi connectivity index (χ1n) is 7.02. The average molecular weight is 311 g/mol. The lowest BCUT2D eigenvalue weighted by Crippen LogP contribution is -1.99. The summed E-state index contributed by atoms with van der Waals surface area (Å²) < 4.78 is 5.59. The molecule has 0 saturated carbocycles. The molecule has 3 rings (SSSR count). The molecular formula is C18H15ClN2O. The maximum absolute atomic E-state index is 5.92. The molecule has 1 unspecified atom stereocenters. The fourth-order valence-electron chi connectivity index (χ4n) is 2.14. The van der Waals surface area contributed by atoms with E-state index in [-0.39, 0.29) is 5.92 Å². The van der Waals surface area contributed by atoms with Crippen LogP contribution in [0.5, 0.6) is 11.8 Å². The number of ether oxygens (including phenoxy) is 1. The number of halogens is 1. The maximum Gasteiger partial charge on any atom is 0.321 e. The summed E-state index contributed by atoms with van der Waals surface area (Å²) in [6, 6.07) is 17.6. The molecule has 0 spiro atoms. The molecule has 1 aromatic heterocycles. The van der Waals surface area contributed by atoms with E-state index < -0.39 is 0 Å². The minimum atomic E-state index is 0.197. The molecule has 3 nitrogen and oxygen atoms in total. The van der Waals surface area contributed by atoms with Gasteiger partial charge in [-0.15, -0.1) is 0 Å². The van der Waals surface area contributed by atoms with Crippen LogP contribution in [0.2, 0.25) is 5.02 Å². The minimum absolute atomic E-state index is 0.197. The molecule has 0 N–H and O–H groups in total. The SMILES string of the molecule is CC(c1ccc(Cl)cc1)c1cnc(Oc2ccccc2)nc1. The molecule has 110 valence electrons. The van der Waals surface area contributed by atoms with Gasteiger partial charge in [0.2, 0.25) is 0 Å². The van der Waals surface area contributed by atoms with Crippen molar-refractivity contribution < 1.29 is 4.74 Å². The number of rotatable bonds is 4. The van der Waals surface area contributed by atoms with Gasteiger partial charge in [-0.2, -0.15) is 0 Å². The van der Waals surface area contributed by atoms with Crippen molar-refractivity contribution in [3.05, 3.63) is 83.1 Å².